The standard InChI is InChI=1S/C24H30N4O11S/c1-4-19(40(36,37)26(3)21-7-5-6-16(2)22(21)28(34)35)12-13-38-15-20(23(29)30)25-24(31)39-14-17-8-10-18(11-9-17)27(32)33/h5-11,19-20H,4,12-15H2,1-3H3,(H,25,31)(H,29,30)/t19-,20-/m0/s1. The molecule has 0 fully saturated rings. The van der Waals surface area contributed by atoms with Gasteiger partial charge in [-0.2, -0.15) is 0 Å². The summed E-state index contributed by atoms with van der Waals surface area (Å²) in [5.41, 5.74) is 0.204. The maximum Gasteiger partial charge on any atom is 0.408 e. The van der Waals surface area contributed by atoms with Crippen LogP contribution in [0.15, 0.2) is 42.5 Å². The zero-order valence-electron chi connectivity index (χ0n) is 22.0. The molecule has 2 atom stereocenters. The molecule has 2 aromatic carbocycles. The fourth-order valence-corrected chi connectivity index (χ4v) is 5.38. The summed E-state index contributed by atoms with van der Waals surface area (Å²) in [7, 11) is -2.82. The van der Waals surface area contributed by atoms with Crippen LogP contribution in [0.1, 0.15) is 30.9 Å². The summed E-state index contributed by atoms with van der Waals surface area (Å²) in [5.74, 6) is -1.42. The molecule has 0 heterocycles. The van der Waals surface area contributed by atoms with Crippen LogP contribution in [0.25, 0.3) is 0 Å². The van der Waals surface area contributed by atoms with E-state index in [9.17, 15) is 43.3 Å². The highest BCUT2D eigenvalue weighted by Gasteiger charge is 2.33. The van der Waals surface area contributed by atoms with E-state index in [1.165, 1.54) is 56.4 Å². The molecule has 1 amide bonds. The molecule has 0 saturated heterocycles. The van der Waals surface area contributed by atoms with Crippen LogP contribution >= 0.6 is 0 Å². The van der Waals surface area contributed by atoms with E-state index in [1.807, 2.05) is 0 Å². The van der Waals surface area contributed by atoms with Crippen LogP contribution in [0.4, 0.5) is 21.9 Å². The number of aliphatic carboxylic acids is 1. The van der Waals surface area contributed by atoms with Gasteiger partial charge in [-0.05, 0) is 43.5 Å². The largest absolute Gasteiger partial charge is 0.480 e. The number of alkyl carbamates (subject to hydrolysis) is 1. The van der Waals surface area contributed by atoms with Crippen LogP contribution in [0.2, 0.25) is 0 Å². The van der Waals surface area contributed by atoms with Gasteiger partial charge in [0, 0.05) is 31.4 Å². The molecule has 2 N–H and O–H groups in total. The normalized spacial score (nSPS) is 12.7. The molecule has 15 nitrogen and oxygen atoms in total. The van der Waals surface area contributed by atoms with Gasteiger partial charge in [0.1, 0.15) is 12.3 Å². The maximum atomic E-state index is 13.2. The lowest BCUT2D eigenvalue weighted by molar-refractivity contribution is -0.384. The fraction of sp³-hybridized carbons (Fsp3) is 0.417. The number of carboxylic acids is 1. The summed E-state index contributed by atoms with van der Waals surface area (Å²) in [4.78, 5) is 44.6. The van der Waals surface area contributed by atoms with Crippen LogP contribution in [-0.4, -0.2) is 67.0 Å². The van der Waals surface area contributed by atoms with E-state index in [0.29, 0.717) is 11.1 Å². The summed E-state index contributed by atoms with van der Waals surface area (Å²) in [6.07, 6.45) is -0.949. The first-order valence-electron chi connectivity index (χ1n) is 12.0. The molecular weight excluding hydrogens is 552 g/mol. The number of para-hydroxylation sites is 1. The first kappa shape index (κ1) is 31.9. The smallest absolute Gasteiger partial charge is 0.408 e. The van der Waals surface area contributed by atoms with Crippen LogP contribution < -0.4 is 9.62 Å². The topological polar surface area (TPSA) is 209 Å². The van der Waals surface area contributed by atoms with Crippen LogP contribution in [0.3, 0.4) is 0 Å². The number of nitro benzene ring substituents is 2. The molecule has 0 unspecified atom stereocenters. The maximum absolute atomic E-state index is 13.2. The molecule has 0 saturated carbocycles. The molecule has 0 aromatic heterocycles. The number of non-ortho nitro benzene ring substituents is 1. The summed E-state index contributed by atoms with van der Waals surface area (Å²) >= 11 is 0. The summed E-state index contributed by atoms with van der Waals surface area (Å²) in [6, 6.07) is 8.10. The Kier molecular flexibility index (Phi) is 11.3. The highest BCUT2D eigenvalue weighted by Crippen LogP contribution is 2.33. The molecular formula is C24H30N4O11S. The number of nitrogens with zero attached hydrogens (tertiary/aromatic N) is 3. The number of nitrogens with one attached hydrogen (secondary N) is 1. The minimum absolute atomic E-state index is 0.0419. The van der Waals surface area contributed by atoms with Gasteiger partial charge in [0.25, 0.3) is 11.4 Å². The lowest BCUT2D eigenvalue weighted by Gasteiger charge is -2.25. The number of sulfonamides is 1. The second kappa shape index (κ2) is 14.2. The predicted molar refractivity (Wildman–Crippen MR) is 143 cm³/mol. The van der Waals surface area contributed by atoms with Crippen molar-refractivity contribution in [2.24, 2.45) is 0 Å². The van der Waals surface area contributed by atoms with E-state index in [4.69, 9.17) is 9.47 Å². The number of rotatable bonds is 15. The van der Waals surface area contributed by atoms with Crippen molar-refractivity contribution in [2.75, 3.05) is 24.6 Å². The van der Waals surface area contributed by atoms with Gasteiger partial charge in [-0.1, -0.05) is 19.1 Å². The Balaban J connectivity index is 1.93. The van der Waals surface area contributed by atoms with Crippen molar-refractivity contribution in [1.82, 2.24) is 5.32 Å². The number of hydrogen-bond acceptors (Lipinski definition) is 10. The number of ether oxygens (including phenoxy) is 2. The van der Waals surface area contributed by atoms with Crippen LogP contribution in [0, 0.1) is 27.2 Å². The molecule has 2 rings (SSSR count). The molecule has 0 spiro atoms. The third-order valence-corrected chi connectivity index (χ3v) is 8.34. The van der Waals surface area contributed by atoms with Gasteiger partial charge in [-0.25, -0.2) is 18.0 Å². The van der Waals surface area contributed by atoms with Crippen LogP contribution in [-0.2, 0) is 30.9 Å². The van der Waals surface area contributed by atoms with Crippen LogP contribution in [0.5, 0.6) is 0 Å². The van der Waals surface area contributed by atoms with Gasteiger partial charge in [0.2, 0.25) is 10.0 Å². The Morgan fingerprint density at radius 2 is 1.75 bits per heavy atom. The molecule has 0 bridgehead atoms. The number of carboxylic acid groups (broad SMARTS) is 1. The number of aryl methyl sites for hydroxylation is 1. The number of benzene rings is 2. The van der Waals surface area contributed by atoms with Crippen molar-refractivity contribution in [3.8, 4) is 0 Å². The second-order valence-electron chi connectivity index (χ2n) is 8.64. The van der Waals surface area contributed by atoms with E-state index >= 15 is 0 Å². The van der Waals surface area contributed by atoms with Crippen molar-refractivity contribution in [2.45, 2.75) is 44.6 Å². The SMILES string of the molecule is CC[C@@H](CCOC[C@H](NC(=O)OCc1ccc([N+](=O)[O-])cc1)C(=O)O)S(=O)(=O)N(C)c1cccc(C)c1[N+](=O)[O-]. The van der Waals surface area contributed by atoms with Gasteiger partial charge in [0.15, 0.2) is 6.04 Å². The number of amides is 1. The molecule has 218 valence electrons. The van der Waals surface area contributed by atoms with Gasteiger partial charge in [-0.3, -0.25) is 24.5 Å². The van der Waals surface area contributed by atoms with E-state index < -0.39 is 49.8 Å². The van der Waals surface area contributed by atoms with Crippen molar-refractivity contribution in [1.29, 1.82) is 0 Å². The Morgan fingerprint density at radius 3 is 2.30 bits per heavy atom. The zero-order valence-corrected chi connectivity index (χ0v) is 22.8. The molecule has 0 aliphatic carbocycles. The highest BCUT2D eigenvalue weighted by molar-refractivity contribution is 7.93. The third-order valence-electron chi connectivity index (χ3n) is 5.97. The average molecular weight is 583 g/mol. The summed E-state index contributed by atoms with van der Waals surface area (Å²) < 4.78 is 37.6. The van der Waals surface area contributed by atoms with Gasteiger partial charge >= 0.3 is 12.1 Å². The summed E-state index contributed by atoms with van der Waals surface area (Å²) in [6.45, 7) is 2.21. The van der Waals surface area contributed by atoms with E-state index in [1.54, 1.807) is 6.92 Å². The predicted octanol–water partition coefficient (Wildman–Crippen LogP) is 3.14. The highest BCUT2D eigenvalue weighted by atomic mass is 32.2. The molecule has 0 radical (unpaired) electrons. The number of anilines is 1. The average Bonchev–Trinajstić information content (AvgIpc) is 2.90. The Labute approximate surface area is 230 Å². The number of hydrogen-bond donors (Lipinski definition) is 2. The van der Waals surface area contributed by atoms with E-state index in [2.05, 4.69) is 5.32 Å². The number of nitro groups is 2. The van der Waals surface area contributed by atoms with Gasteiger partial charge < -0.3 is 19.9 Å². The monoisotopic (exact) mass is 582 g/mol. The third kappa shape index (κ3) is 8.34. The second-order valence-corrected chi connectivity index (χ2v) is 10.9. The van der Waals surface area contributed by atoms with Crippen molar-refractivity contribution >= 4 is 39.1 Å². The molecule has 0 aliphatic heterocycles. The van der Waals surface area contributed by atoms with Gasteiger partial charge in [-0.15, -0.1) is 0 Å². The lowest BCUT2D eigenvalue weighted by atomic mass is 10.2. The molecule has 2 aromatic rings. The van der Waals surface area contributed by atoms with Crippen molar-refractivity contribution < 1.29 is 42.4 Å². The quantitative estimate of drug-likeness (QED) is 0.177. The molecule has 0 aliphatic rings. The van der Waals surface area contributed by atoms with Gasteiger partial charge in [0.05, 0.1) is 21.7 Å². The minimum Gasteiger partial charge on any atom is -0.480 e. The van der Waals surface area contributed by atoms with Crippen molar-refractivity contribution in [3.05, 3.63) is 73.8 Å². The minimum atomic E-state index is -4.05. The Hall–Kier alpha value is -4.31. The number of carbonyl (C=O) groups is 2. The lowest BCUT2D eigenvalue weighted by Crippen LogP contribution is -2.44. The Morgan fingerprint density at radius 1 is 1.10 bits per heavy atom. The zero-order chi connectivity index (χ0) is 30.0. The first-order valence-corrected chi connectivity index (χ1v) is 13.5. The summed E-state index contributed by atoms with van der Waals surface area (Å²) in [5, 5.41) is 32.8. The molecule has 16 heteroatoms. The van der Waals surface area contributed by atoms with E-state index in [0.717, 1.165) is 4.31 Å². The Bertz CT molecular complexity index is 1330. The van der Waals surface area contributed by atoms with Crippen molar-refractivity contribution in [3.63, 3.8) is 0 Å². The fourth-order valence-electron chi connectivity index (χ4n) is 3.70. The number of carbonyl (C=O) groups excluding carboxylic acids is 1. The molecule has 40 heavy (non-hydrogen) atoms. The van der Waals surface area contributed by atoms with E-state index in [-0.39, 0.29) is 43.1 Å². The first-order chi connectivity index (χ1) is 18.8.